The number of aromatic nitrogens is 4. The van der Waals surface area contributed by atoms with Crippen LogP contribution in [-0.4, -0.2) is 25.3 Å². The lowest BCUT2D eigenvalue weighted by molar-refractivity contribution is 0.102. The first-order valence-corrected chi connectivity index (χ1v) is 8.24. The quantitative estimate of drug-likeness (QED) is 0.614. The van der Waals surface area contributed by atoms with E-state index in [9.17, 15) is 9.59 Å². The second-order valence-electron chi connectivity index (χ2n) is 5.14. The smallest absolute Gasteiger partial charge is 0.270 e. The molecule has 0 aliphatic carbocycles. The lowest BCUT2D eigenvalue weighted by Crippen LogP contribution is -2.26. The van der Waals surface area contributed by atoms with Crippen molar-refractivity contribution in [3.05, 3.63) is 76.4 Å². The summed E-state index contributed by atoms with van der Waals surface area (Å²) in [6.45, 7) is 0. The maximum absolute atomic E-state index is 12.4. The standard InChI is InChI=1S/C17H11N5O2S/c23-15(12-9-19-14-5-1-2-7-22(14)16(12)24)21-17-20-13(10-25-17)11-4-3-6-18-8-11/h1-10H,(H,20,21,23). The van der Waals surface area contributed by atoms with Crippen molar-refractivity contribution < 1.29 is 4.79 Å². The van der Waals surface area contributed by atoms with E-state index in [1.54, 1.807) is 36.8 Å². The van der Waals surface area contributed by atoms with Crippen molar-refractivity contribution in [3.63, 3.8) is 0 Å². The van der Waals surface area contributed by atoms with Gasteiger partial charge in [-0.15, -0.1) is 11.3 Å². The number of carbonyl (C=O) groups is 1. The van der Waals surface area contributed by atoms with Crippen LogP contribution < -0.4 is 10.9 Å². The fraction of sp³-hybridized carbons (Fsp3) is 0. The number of carbonyl (C=O) groups excluding carboxylic acids is 1. The third kappa shape index (κ3) is 2.90. The fourth-order valence-corrected chi connectivity index (χ4v) is 3.04. The van der Waals surface area contributed by atoms with Gasteiger partial charge in [0.1, 0.15) is 11.2 Å². The maximum Gasteiger partial charge on any atom is 0.270 e. The highest BCUT2D eigenvalue weighted by Gasteiger charge is 2.15. The van der Waals surface area contributed by atoms with Crippen LogP contribution in [0.4, 0.5) is 5.13 Å². The molecule has 1 N–H and O–H groups in total. The van der Waals surface area contributed by atoms with E-state index >= 15 is 0 Å². The number of nitrogens with zero attached hydrogens (tertiary/aromatic N) is 4. The normalized spacial score (nSPS) is 10.7. The van der Waals surface area contributed by atoms with Crippen molar-refractivity contribution >= 4 is 28.0 Å². The van der Waals surface area contributed by atoms with Crippen molar-refractivity contribution in [2.75, 3.05) is 5.32 Å². The molecule has 0 saturated heterocycles. The average molecular weight is 349 g/mol. The molecule has 0 bridgehead atoms. The highest BCUT2D eigenvalue weighted by Crippen LogP contribution is 2.24. The first-order valence-electron chi connectivity index (χ1n) is 7.36. The topological polar surface area (TPSA) is 89.2 Å². The number of rotatable bonds is 3. The van der Waals surface area contributed by atoms with E-state index in [-0.39, 0.29) is 5.56 Å². The zero-order chi connectivity index (χ0) is 17.2. The van der Waals surface area contributed by atoms with Crippen molar-refractivity contribution in [1.29, 1.82) is 0 Å². The van der Waals surface area contributed by atoms with Crippen LogP contribution in [0.5, 0.6) is 0 Å². The summed E-state index contributed by atoms with van der Waals surface area (Å²) in [5, 5.41) is 4.87. The Morgan fingerprint density at radius 2 is 2.08 bits per heavy atom. The van der Waals surface area contributed by atoms with Gasteiger partial charge in [0.25, 0.3) is 11.5 Å². The third-order valence-corrected chi connectivity index (χ3v) is 4.30. The summed E-state index contributed by atoms with van der Waals surface area (Å²) in [6.07, 6.45) is 6.23. The summed E-state index contributed by atoms with van der Waals surface area (Å²) in [7, 11) is 0. The molecule has 0 unspecified atom stereocenters. The van der Waals surface area contributed by atoms with Gasteiger partial charge in [-0.3, -0.25) is 24.3 Å². The highest BCUT2D eigenvalue weighted by molar-refractivity contribution is 7.14. The second kappa shape index (κ2) is 6.25. The monoisotopic (exact) mass is 349 g/mol. The van der Waals surface area contributed by atoms with E-state index in [0.29, 0.717) is 16.5 Å². The van der Waals surface area contributed by atoms with Crippen LogP contribution >= 0.6 is 11.3 Å². The summed E-state index contributed by atoms with van der Waals surface area (Å²) in [5.74, 6) is -0.539. The predicted octanol–water partition coefficient (Wildman–Crippen LogP) is 2.47. The SMILES string of the molecule is O=C(Nc1nc(-c2cccnc2)cs1)c1cnc2ccccn2c1=O. The van der Waals surface area contributed by atoms with E-state index in [2.05, 4.69) is 20.3 Å². The number of amides is 1. The van der Waals surface area contributed by atoms with Gasteiger partial charge in [-0.05, 0) is 24.3 Å². The van der Waals surface area contributed by atoms with Crippen LogP contribution in [0, 0.1) is 0 Å². The molecule has 1 amide bonds. The summed E-state index contributed by atoms with van der Waals surface area (Å²) >= 11 is 1.28. The molecule has 0 fully saturated rings. The number of pyridine rings is 2. The molecule has 122 valence electrons. The molecule has 0 saturated carbocycles. The Bertz CT molecular complexity index is 1120. The minimum atomic E-state index is -0.539. The number of thiazole rings is 1. The van der Waals surface area contributed by atoms with Gasteiger partial charge in [0.05, 0.1) is 5.69 Å². The number of hydrogen-bond acceptors (Lipinski definition) is 6. The molecular formula is C17H11N5O2S. The largest absolute Gasteiger partial charge is 0.298 e. The molecule has 25 heavy (non-hydrogen) atoms. The summed E-state index contributed by atoms with van der Waals surface area (Å²) in [5.41, 5.74) is 1.58. The molecule has 4 aromatic heterocycles. The number of fused-ring (bicyclic) bond motifs is 1. The highest BCUT2D eigenvalue weighted by atomic mass is 32.1. The zero-order valence-corrected chi connectivity index (χ0v) is 13.6. The van der Waals surface area contributed by atoms with Crippen LogP contribution in [0.1, 0.15) is 10.4 Å². The Kier molecular flexibility index (Phi) is 3.79. The van der Waals surface area contributed by atoms with Gasteiger partial charge in [-0.2, -0.15) is 0 Å². The maximum atomic E-state index is 12.4. The van der Waals surface area contributed by atoms with E-state index in [4.69, 9.17) is 0 Å². The Morgan fingerprint density at radius 3 is 2.92 bits per heavy atom. The van der Waals surface area contributed by atoms with Crippen LogP contribution in [0.15, 0.2) is 65.3 Å². The van der Waals surface area contributed by atoms with Gasteiger partial charge in [0.15, 0.2) is 5.13 Å². The molecule has 0 atom stereocenters. The summed E-state index contributed by atoms with van der Waals surface area (Å²) < 4.78 is 1.33. The Morgan fingerprint density at radius 1 is 1.16 bits per heavy atom. The molecule has 0 aromatic carbocycles. The van der Waals surface area contributed by atoms with Gasteiger partial charge in [0, 0.05) is 35.7 Å². The molecule has 0 aliphatic rings. The summed E-state index contributed by atoms with van der Waals surface area (Å²) in [6, 6.07) is 8.88. The molecule has 8 heteroatoms. The molecule has 4 rings (SSSR count). The molecule has 0 radical (unpaired) electrons. The molecule has 0 spiro atoms. The first-order chi connectivity index (χ1) is 12.2. The molecule has 0 aliphatic heterocycles. The number of anilines is 1. The van der Waals surface area contributed by atoms with Gasteiger partial charge in [0.2, 0.25) is 0 Å². The fourth-order valence-electron chi connectivity index (χ4n) is 2.32. The van der Waals surface area contributed by atoms with Gasteiger partial charge >= 0.3 is 0 Å². The van der Waals surface area contributed by atoms with Crippen LogP contribution in [0.3, 0.4) is 0 Å². The Labute approximate surface area is 145 Å². The van der Waals surface area contributed by atoms with Crippen LogP contribution in [-0.2, 0) is 0 Å². The molecule has 4 heterocycles. The van der Waals surface area contributed by atoms with Gasteiger partial charge < -0.3 is 0 Å². The molecule has 7 nitrogen and oxygen atoms in total. The Hall–Kier alpha value is -3.39. The van der Waals surface area contributed by atoms with E-state index in [0.717, 1.165) is 5.56 Å². The van der Waals surface area contributed by atoms with Crippen molar-refractivity contribution in [1.82, 2.24) is 19.4 Å². The molecule has 4 aromatic rings. The lowest BCUT2D eigenvalue weighted by atomic mass is 10.2. The molecular weight excluding hydrogens is 338 g/mol. The second-order valence-corrected chi connectivity index (χ2v) is 6.00. The van der Waals surface area contributed by atoms with E-state index in [1.165, 1.54) is 21.9 Å². The van der Waals surface area contributed by atoms with Crippen molar-refractivity contribution in [2.45, 2.75) is 0 Å². The van der Waals surface area contributed by atoms with Gasteiger partial charge in [-0.1, -0.05) is 6.07 Å². The predicted molar refractivity (Wildman–Crippen MR) is 94.8 cm³/mol. The minimum Gasteiger partial charge on any atom is -0.298 e. The Balaban J connectivity index is 1.62. The van der Waals surface area contributed by atoms with Crippen molar-refractivity contribution in [3.8, 4) is 11.3 Å². The van der Waals surface area contributed by atoms with Crippen molar-refractivity contribution in [2.24, 2.45) is 0 Å². The van der Waals surface area contributed by atoms with E-state index in [1.807, 2.05) is 17.5 Å². The first kappa shape index (κ1) is 15.2. The van der Waals surface area contributed by atoms with Crippen LogP contribution in [0.25, 0.3) is 16.9 Å². The third-order valence-electron chi connectivity index (χ3n) is 3.54. The zero-order valence-electron chi connectivity index (χ0n) is 12.8. The number of nitrogens with one attached hydrogen (secondary N) is 1. The van der Waals surface area contributed by atoms with Crippen LogP contribution in [0.2, 0.25) is 0 Å². The number of hydrogen-bond donors (Lipinski definition) is 1. The average Bonchev–Trinajstić information content (AvgIpc) is 3.11. The lowest BCUT2D eigenvalue weighted by Gasteiger charge is -2.03. The minimum absolute atomic E-state index is 0.0400. The van der Waals surface area contributed by atoms with Gasteiger partial charge in [-0.25, -0.2) is 9.97 Å². The summed E-state index contributed by atoms with van der Waals surface area (Å²) in [4.78, 5) is 37.4. The van der Waals surface area contributed by atoms with E-state index < -0.39 is 11.5 Å².